The van der Waals surface area contributed by atoms with Gasteiger partial charge in [0.25, 0.3) is 5.91 Å². The Labute approximate surface area is 114 Å². The summed E-state index contributed by atoms with van der Waals surface area (Å²) in [5, 5.41) is 6.24. The predicted molar refractivity (Wildman–Crippen MR) is 75.3 cm³/mol. The van der Waals surface area contributed by atoms with Gasteiger partial charge in [-0.25, -0.2) is 0 Å². The van der Waals surface area contributed by atoms with Gasteiger partial charge in [0.05, 0.1) is 12.7 Å². The minimum atomic E-state index is 0.00565. The second kappa shape index (κ2) is 6.68. The van der Waals surface area contributed by atoms with Crippen molar-refractivity contribution in [2.24, 2.45) is 0 Å². The number of fused-ring (bicyclic) bond motifs is 1. The third-order valence-electron chi connectivity index (χ3n) is 3.22. The molecule has 0 fully saturated rings. The van der Waals surface area contributed by atoms with Crippen molar-refractivity contribution in [1.82, 2.24) is 10.6 Å². The first kappa shape index (κ1) is 14.0. The molecule has 0 bridgehead atoms. The molecule has 0 saturated carbocycles. The average molecular weight is 262 g/mol. The molecule has 2 N–H and O–H groups in total. The molecule has 0 saturated heterocycles. The van der Waals surface area contributed by atoms with E-state index < -0.39 is 0 Å². The average Bonchev–Trinajstić information content (AvgIpc) is 2.42. The largest absolute Gasteiger partial charge is 0.377 e. The number of benzene rings is 1. The number of nitrogens with one attached hydrogen (secondary N) is 2. The van der Waals surface area contributed by atoms with Gasteiger partial charge in [0, 0.05) is 18.7 Å². The first-order valence-corrected chi connectivity index (χ1v) is 6.89. The molecule has 0 aliphatic carbocycles. The maximum Gasteiger partial charge on any atom is 0.251 e. The lowest BCUT2D eigenvalue weighted by Gasteiger charge is -2.20. The van der Waals surface area contributed by atoms with Crippen molar-refractivity contribution in [2.45, 2.75) is 32.9 Å². The summed E-state index contributed by atoms with van der Waals surface area (Å²) in [6, 6.07) is 5.94. The predicted octanol–water partition coefficient (Wildman–Crippen LogP) is 1.49. The zero-order chi connectivity index (χ0) is 13.7. The number of amides is 1. The summed E-state index contributed by atoms with van der Waals surface area (Å²) >= 11 is 0. The minimum Gasteiger partial charge on any atom is -0.377 e. The fourth-order valence-corrected chi connectivity index (χ4v) is 2.30. The van der Waals surface area contributed by atoms with Crippen LogP contribution in [0.4, 0.5) is 0 Å². The number of ether oxygens (including phenoxy) is 1. The number of carbonyl (C=O) groups is 1. The Morgan fingerprint density at radius 3 is 3.11 bits per heavy atom. The Hall–Kier alpha value is -1.39. The molecule has 0 atom stereocenters. The van der Waals surface area contributed by atoms with E-state index in [9.17, 15) is 4.79 Å². The third-order valence-corrected chi connectivity index (χ3v) is 3.22. The van der Waals surface area contributed by atoms with E-state index in [1.54, 1.807) is 0 Å². The van der Waals surface area contributed by atoms with E-state index >= 15 is 0 Å². The van der Waals surface area contributed by atoms with Gasteiger partial charge in [-0.2, -0.15) is 0 Å². The molecule has 0 unspecified atom stereocenters. The van der Waals surface area contributed by atoms with Crippen molar-refractivity contribution in [2.75, 3.05) is 19.7 Å². The lowest BCUT2D eigenvalue weighted by molar-refractivity contribution is 0.0746. The molecular formula is C15H22N2O2. The molecule has 1 amide bonds. The van der Waals surface area contributed by atoms with Crippen LogP contribution < -0.4 is 10.6 Å². The molecule has 0 radical (unpaired) electrons. The number of rotatable bonds is 5. The van der Waals surface area contributed by atoms with Crippen molar-refractivity contribution in [1.29, 1.82) is 0 Å². The van der Waals surface area contributed by atoms with Gasteiger partial charge in [0.1, 0.15) is 0 Å². The molecule has 1 aromatic carbocycles. The first-order valence-electron chi connectivity index (χ1n) is 6.89. The Morgan fingerprint density at radius 2 is 2.32 bits per heavy atom. The molecule has 2 rings (SSSR count). The topological polar surface area (TPSA) is 50.4 Å². The Kier molecular flexibility index (Phi) is 4.93. The highest BCUT2D eigenvalue weighted by Gasteiger charge is 2.16. The summed E-state index contributed by atoms with van der Waals surface area (Å²) in [5.41, 5.74) is 3.23. The molecule has 1 aromatic rings. The van der Waals surface area contributed by atoms with Crippen molar-refractivity contribution in [3.05, 3.63) is 34.9 Å². The van der Waals surface area contributed by atoms with Crippen LogP contribution in [0.25, 0.3) is 0 Å². The summed E-state index contributed by atoms with van der Waals surface area (Å²) in [6.07, 6.45) is 1.12. The van der Waals surface area contributed by atoms with E-state index in [-0.39, 0.29) is 12.0 Å². The van der Waals surface area contributed by atoms with Gasteiger partial charge in [0.15, 0.2) is 0 Å². The van der Waals surface area contributed by atoms with Crippen LogP contribution in [0, 0.1) is 0 Å². The smallest absolute Gasteiger partial charge is 0.251 e. The fourth-order valence-electron chi connectivity index (χ4n) is 2.30. The lowest BCUT2D eigenvalue weighted by atomic mass is 9.95. The van der Waals surface area contributed by atoms with Crippen LogP contribution >= 0.6 is 0 Å². The van der Waals surface area contributed by atoms with Gasteiger partial charge in [-0.1, -0.05) is 12.1 Å². The lowest BCUT2D eigenvalue weighted by Crippen LogP contribution is -2.31. The quantitative estimate of drug-likeness (QED) is 0.790. The molecule has 4 heteroatoms. The van der Waals surface area contributed by atoms with Crippen molar-refractivity contribution in [3.63, 3.8) is 0 Å². The van der Waals surface area contributed by atoms with Crippen LogP contribution in [0.1, 0.15) is 35.3 Å². The highest BCUT2D eigenvalue weighted by atomic mass is 16.5. The molecule has 1 heterocycles. The molecule has 0 spiro atoms. The molecule has 4 nitrogen and oxygen atoms in total. The maximum absolute atomic E-state index is 12.2. The Balaban J connectivity index is 1.95. The fraction of sp³-hybridized carbons (Fsp3) is 0.533. The molecule has 1 aliphatic heterocycles. The van der Waals surface area contributed by atoms with Crippen LogP contribution in [0.3, 0.4) is 0 Å². The summed E-state index contributed by atoms with van der Waals surface area (Å²) in [5.74, 6) is 0.00565. The maximum atomic E-state index is 12.2. The molecular weight excluding hydrogens is 240 g/mol. The number of hydrogen-bond donors (Lipinski definition) is 2. The van der Waals surface area contributed by atoms with Crippen LogP contribution in [0.5, 0.6) is 0 Å². The van der Waals surface area contributed by atoms with E-state index in [0.717, 1.165) is 25.1 Å². The zero-order valence-electron chi connectivity index (χ0n) is 11.7. The van der Waals surface area contributed by atoms with Crippen molar-refractivity contribution < 1.29 is 9.53 Å². The number of carbonyl (C=O) groups excluding carboxylic acids is 1. The van der Waals surface area contributed by atoms with Crippen molar-refractivity contribution in [3.8, 4) is 0 Å². The normalized spacial score (nSPS) is 14.3. The summed E-state index contributed by atoms with van der Waals surface area (Å²) in [4.78, 5) is 12.2. The highest BCUT2D eigenvalue weighted by Crippen LogP contribution is 2.18. The molecule has 0 aromatic heterocycles. The standard InChI is InChI=1S/C15H22N2O2/c1-11(2)19-9-8-17-15(18)14-5-3-4-12-10-16-7-6-13(12)14/h3-5,11,16H,6-10H2,1-2H3,(H,17,18). The van der Waals surface area contributed by atoms with E-state index in [2.05, 4.69) is 16.7 Å². The van der Waals surface area contributed by atoms with Crippen LogP contribution in [-0.2, 0) is 17.7 Å². The second-order valence-electron chi connectivity index (χ2n) is 5.05. The highest BCUT2D eigenvalue weighted by molar-refractivity contribution is 5.96. The summed E-state index contributed by atoms with van der Waals surface area (Å²) in [7, 11) is 0. The van der Waals surface area contributed by atoms with Crippen molar-refractivity contribution >= 4 is 5.91 Å². The van der Waals surface area contributed by atoms with Gasteiger partial charge in [-0.05, 0) is 44.0 Å². The molecule has 104 valence electrons. The molecule has 19 heavy (non-hydrogen) atoms. The number of hydrogen-bond acceptors (Lipinski definition) is 3. The van der Waals surface area contributed by atoms with Gasteiger partial charge >= 0.3 is 0 Å². The third kappa shape index (κ3) is 3.78. The van der Waals surface area contributed by atoms with Crippen LogP contribution in [-0.4, -0.2) is 31.7 Å². The summed E-state index contributed by atoms with van der Waals surface area (Å²) < 4.78 is 5.42. The second-order valence-corrected chi connectivity index (χ2v) is 5.05. The SMILES string of the molecule is CC(C)OCCNC(=O)c1cccc2c1CCNC2. The van der Waals surface area contributed by atoms with Gasteiger partial charge in [-0.15, -0.1) is 0 Å². The van der Waals surface area contributed by atoms with Crippen LogP contribution in [0.15, 0.2) is 18.2 Å². The van der Waals surface area contributed by atoms with E-state index in [1.165, 1.54) is 11.1 Å². The minimum absolute atomic E-state index is 0.00565. The molecule has 1 aliphatic rings. The van der Waals surface area contributed by atoms with E-state index in [4.69, 9.17) is 4.74 Å². The zero-order valence-corrected chi connectivity index (χ0v) is 11.7. The first-order chi connectivity index (χ1) is 9.18. The Morgan fingerprint density at radius 1 is 1.47 bits per heavy atom. The monoisotopic (exact) mass is 262 g/mol. The van der Waals surface area contributed by atoms with E-state index in [1.807, 2.05) is 26.0 Å². The van der Waals surface area contributed by atoms with Gasteiger partial charge in [0.2, 0.25) is 0 Å². The summed E-state index contributed by atoms with van der Waals surface area (Å²) in [6.45, 7) is 6.88. The van der Waals surface area contributed by atoms with Gasteiger partial charge in [-0.3, -0.25) is 4.79 Å². The Bertz CT molecular complexity index is 444. The van der Waals surface area contributed by atoms with E-state index in [0.29, 0.717) is 13.2 Å². The van der Waals surface area contributed by atoms with Gasteiger partial charge < -0.3 is 15.4 Å². The van der Waals surface area contributed by atoms with Crippen LogP contribution in [0.2, 0.25) is 0 Å².